The number of aromatic amines is 1. The minimum absolute atomic E-state index is 0.0335. The van der Waals surface area contributed by atoms with Crippen molar-refractivity contribution in [2.24, 2.45) is 0 Å². The minimum Gasteiger partial charge on any atom is -0.391 e. The molecule has 1 saturated carbocycles. The van der Waals surface area contributed by atoms with Gasteiger partial charge >= 0.3 is 0 Å². The van der Waals surface area contributed by atoms with Crippen LogP contribution >= 0.6 is 0 Å². The first-order valence-corrected chi connectivity index (χ1v) is 7.76. The average molecular weight is 286 g/mol. The summed E-state index contributed by atoms with van der Waals surface area (Å²) in [5, 5.41) is 14.1. The van der Waals surface area contributed by atoms with E-state index in [9.17, 15) is 9.90 Å². The Balaban J connectivity index is 1.56. The monoisotopic (exact) mass is 286 g/mol. The van der Waals surface area contributed by atoms with Gasteiger partial charge in [-0.3, -0.25) is 4.79 Å². The molecule has 0 bridgehead atoms. The fourth-order valence-electron chi connectivity index (χ4n) is 3.15. The van der Waals surface area contributed by atoms with Gasteiger partial charge < -0.3 is 15.4 Å². The second-order valence-electron chi connectivity index (χ2n) is 5.89. The molecular weight excluding hydrogens is 264 g/mol. The van der Waals surface area contributed by atoms with Crippen LogP contribution in [-0.2, 0) is 11.2 Å². The summed E-state index contributed by atoms with van der Waals surface area (Å²) in [5.74, 6) is 0.0335. The third-order valence-electron chi connectivity index (χ3n) is 4.37. The Morgan fingerprint density at radius 2 is 2.10 bits per heavy atom. The van der Waals surface area contributed by atoms with E-state index in [-0.39, 0.29) is 18.1 Å². The molecule has 2 unspecified atom stereocenters. The Labute approximate surface area is 124 Å². The van der Waals surface area contributed by atoms with E-state index in [1.54, 1.807) is 0 Å². The van der Waals surface area contributed by atoms with Crippen molar-refractivity contribution in [2.45, 2.75) is 50.7 Å². The number of amides is 1. The molecule has 1 aliphatic rings. The van der Waals surface area contributed by atoms with E-state index >= 15 is 0 Å². The zero-order valence-corrected chi connectivity index (χ0v) is 12.1. The van der Waals surface area contributed by atoms with Crippen LogP contribution in [0.15, 0.2) is 30.5 Å². The Kier molecular flexibility index (Phi) is 4.25. The van der Waals surface area contributed by atoms with E-state index in [4.69, 9.17) is 0 Å². The molecule has 112 valence electrons. The van der Waals surface area contributed by atoms with Crippen LogP contribution in [0.5, 0.6) is 0 Å². The highest BCUT2D eigenvalue weighted by atomic mass is 16.3. The van der Waals surface area contributed by atoms with Gasteiger partial charge in [0, 0.05) is 23.5 Å². The number of para-hydroxylation sites is 1. The quantitative estimate of drug-likeness (QED) is 0.808. The van der Waals surface area contributed by atoms with Gasteiger partial charge in [-0.25, -0.2) is 0 Å². The van der Waals surface area contributed by atoms with Gasteiger partial charge in [0.2, 0.25) is 5.91 Å². The van der Waals surface area contributed by atoms with Crippen LogP contribution in [0.3, 0.4) is 0 Å². The highest BCUT2D eigenvalue weighted by Gasteiger charge is 2.24. The molecule has 1 aromatic carbocycles. The van der Waals surface area contributed by atoms with E-state index in [1.165, 1.54) is 10.9 Å². The maximum absolute atomic E-state index is 12.1. The van der Waals surface area contributed by atoms with Gasteiger partial charge in [-0.15, -0.1) is 0 Å². The normalized spacial score (nSPS) is 22.3. The first kappa shape index (κ1) is 14.1. The van der Waals surface area contributed by atoms with Crippen molar-refractivity contribution in [2.75, 3.05) is 0 Å². The van der Waals surface area contributed by atoms with Crippen LogP contribution in [0.2, 0.25) is 0 Å². The number of fused-ring (bicyclic) bond motifs is 1. The molecule has 1 aromatic heterocycles. The van der Waals surface area contributed by atoms with E-state index in [2.05, 4.69) is 16.4 Å². The van der Waals surface area contributed by atoms with Crippen molar-refractivity contribution >= 4 is 16.8 Å². The highest BCUT2D eigenvalue weighted by molar-refractivity contribution is 5.84. The first-order valence-electron chi connectivity index (χ1n) is 7.76. The van der Waals surface area contributed by atoms with Crippen LogP contribution in [0.4, 0.5) is 0 Å². The SMILES string of the molecule is O=C(CCc1c[nH]c2ccccc12)NC1CCCCC1O. The summed E-state index contributed by atoms with van der Waals surface area (Å²) in [4.78, 5) is 15.3. The molecule has 2 aromatic rings. The number of aromatic nitrogens is 1. The van der Waals surface area contributed by atoms with Gasteiger partial charge in [-0.05, 0) is 30.9 Å². The third kappa shape index (κ3) is 3.27. The number of benzene rings is 1. The van der Waals surface area contributed by atoms with Gasteiger partial charge in [-0.1, -0.05) is 31.0 Å². The van der Waals surface area contributed by atoms with Crippen LogP contribution in [0.25, 0.3) is 10.9 Å². The van der Waals surface area contributed by atoms with Gasteiger partial charge in [0.15, 0.2) is 0 Å². The number of aryl methyl sites for hydroxylation is 1. The standard InChI is InChI=1S/C17H22N2O2/c20-16-8-4-3-7-15(16)19-17(21)10-9-12-11-18-14-6-2-1-5-13(12)14/h1-2,5-6,11,15-16,18,20H,3-4,7-10H2,(H,19,21). The van der Waals surface area contributed by atoms with Crippen LogP contribution in [0.1, 0.15) is 37.7 Å². The molecule has 0 saturated heterocycles. The maximum Gasteiger partial charge on any atom is 0.220 e. The van der Waals surface area contributed by atoms with Crippen molar-refractivity contribution in [3.8, 4) is 0 Å². The van der Waals surface area contributed by atoms with Crippen molar-refractivity contribution in [1.29, 1.82) is 0 Å². The molecular formula is C17H22N2O2. The van der Waals surface area contributed by atoms with Crippen molar-refractivity contribution < 1.29 is 9.90 Å². The van der Waals surface area contributed by atoms with Gasteiger partial charge in [0.1, 0.15) is 0 Å². The summed E-state index contributed by atoms with van der Waals surface area (Å²) in [7, 11) is 0. The smallest absolute Gasteiger partial charge is 0.220 e. The molecule has 21 heavy (non-hydrogen) atoms. The fraction of sp³-hybridized carbons (Fsp3) is 0.471. The Morgan fingerprint density at radius 3 is 2.95 bits per heavy atom. The largest absolute Gasteiger partial charge is 0.391 e. The second-order valence-corrected chi connectivity index (χ2v) is 5.89. The summed E-state index contributed by atoms with van der Waals surface area (Å²) in [6, 6.07) is 8.06. The molecule has 0 aliphatic heterocycles. The first-order chi connectivity index (χ1) is 10.2. The summed E-state index contributed by atoms with van der Waals surface area (Å²) < 4.78 is 0. The molecule has 3 rings (SSSR count). The lowest BCUT2D eigenvalue weighted by Gasteiger charge is -2.28. The number of hydrogen-bond donors (Lipinski definition) is 3. The topological polar surface area (TPSA) is 65.1 Å². The number of rotatable bonds is 4. The molecule has 0 radical (unpaired) electrons. The van der Waals surface area contributed by atoms with Gasteiger partial charge in [0.25, 0.3) is 0 Å². The summed E-state index contributed by atoms with van der Waals surface area (Å²) in [6.07, 6.45) is 6.62. The number of H-pyrrole nitrogens is 1. The fourth-order valence-corrected chi connectivity index (χ4v) is 3.15. The predicted octanol–water partition coefficient (Wildman–Crippen LogP) is 2.52. The van der Waals surface area contributed by atoms with Crippen molar-refractivity contribution in [3.63, 3.8) is 0 Å². The van der Waals surface area contributed by atoms with Gasteiger partial charge in [-0.2, -0.15) is 0 Å². The van der Waals surface area contributed by atoms with E-state index in [1.807, 2.05) is 24.4 Å². The zero-order valence-electron chi connectivity index (χ0n) is 12.1. The number of nitrogens with one attached hydrogen (secondary N) is 2. The molecule has 1 aliphatic carbocycles. The minimum atomic E-state index is -0.379. The lowest BCUT2D eigenvalue weighted by Crippen LogP contribution is -2.45. The molecule has 0 spiro atoms. The Hall–Kier alpha value is -1.81. The number of hydrogen-bond acceptors (Lipinski definition) is 2. The molecule has 1 amide bonds. The van der Waals surface area contributed by atoms with Crippen molar-refractivity contribution in [3.05, 3.63) is 36.0 Å². The average Bonchev–Trinajstić information content (AvgIpc) is 2.91. The molecule has 4 heteroatoms. The zero-order chi connectivity index (χ0) is 14.7. The van der Waals surface area contributed by atoms with E-state index in [0.717, 1.165) is 37.6 Å². The summed E-state index contributed by atoms with van der Waals surface area (Å²) >= 11 is 0. The van der Waals surface area contributed by atoms with Crippen LogP contribution < -0.4 is 5.32 Å². The summed E-state index contributed by atoms with van der Waals surface area (Å²) in [6.45, 7) is 0. The van der Waals surface area contributed by atoms with Crippen LogP contribution in [-0.4, -0.2) is 28.1 Å². The summed E-state index contributed by atoms with van der Waals surface area (Å²) in [5.41, 5.74) is 2.28. The Bertz CT molecular complexity index is 620. The third-order valence-corrected chi connectivity index (χ3v) is 4.37. The number of aliphatic hydroxyl groups excluding tert-OH is 1. The molecule has 1 fully saturated rings. The lowest BCUT2D eigenvalue weighted by molar-refractivity contribution is -0.123. The Morgan fingerprint density at radius 1 is 1.29 bits per heavy atom. The van der Waals surface area contributed by atoms with Crippen LogP contribution in [0, 0.1) is 0 Å². The molecule has 4 nitrogen and oxygen atoms in total. The van der Waals surface area contributed by atoms with Gasteiger partial charge in [0.05, 0.1) is 12.1 Å². The highest BCUT2D eigenvalue weighted by Crippen LogP contribution is 2.20. The molecule has 3 N–H and O–H groups in total. The number of carbonyl (C=O) groups excluding carboxylic acids is 1. The van der Waals surface area contributed by atoms with E-state index < -0.39 is 0 Å². The number of aliphatic hydroxyl groups is 1. The number of carbonyl (C=O) groups is 1. The molecule has 1 heterocycles. The predicted molar refractivity (Wildman–Crippen MR) is 83.0 cm³/mol. The maximum atomic E-state index is 12.1. The van der Waals surface area contributed by atoms with Crippen molar-refractivity contribution in [1.82, 2.24) is 10.3 Å². The lowest BCUT2D eigenvalue weighted by atomic mass is 9.92. The van der Waals surface area contributed by atoms with E-state index in [0.29, 0.717) is 6.42 Å². The molecule has 2 atom stereocenters. The second kappa shape index (κ2) is 6.31.